The van der Waals surface area contributed by atoms with Gasteiger partial charge in [-0.05, 0) is 43.4 Å². The number of carboxylic acid groups (broad SMARTS) is 1. The van der Waals surface area contributed by atoms with Gasteiger partial charge in [0.25, 0.3) is 0 Å². The molecule has 9 N–H and O–H groups in total. The molecule has 1 heterocycles. The number of H-pyrrole nitrogens is 1. The lowest BCUT2D eigenvalue weighted by molar-refractivity contribution is -0.142. The van der Waals surface area contributed by atoms with Gasteiger partial charge in [-0.15, -0.1) is 0 Å². The second-order valence-corrected chi connectivity index (χ2v) is 10.1. The van der Waals surface area contributed by atoms with Gasteiger partial charge in [-0.3, -0.25) is 14.4 Å². The Morgan fingerprint density at radius 1 is 0.762 bits per heavy atom. The summed E-state index contributed by atoms with van der Waals surface area (Å²) >= 11 is 0. The Balaban J connectivity index is 1.73. The van der Waals surface area contributed by atoms with E-state index in [0.717, 1.165) is 11.1 Å². The number of carboxylic acids is 1. The minimum absolute atomic E-state index is 0.0201. The van der Waals surface area contributed by atoms with Gasteiger partial charge in [-0.1, -0.05) is 60.7 Å². The van der Waals surface area contributed by atoms with E-state index in [1.807, 2.05) is 36.4 Å². The number of aliphatic carboxylic acids is 1. The molecule has 4 atom stereocenters. The van der Waals surface area contributed by atoms with Crippen molar-refractivity contribution < 1.29 is 24.3 Å². The standard InChI is InChI=1S/C30H39N7O5/c31-14-8-7-13-24(35-27(38)23(32)15-20-9-3-1-4-10-20)28(39)36-25(17-22-18-33-19-34-22)29(40)37-26(30(41)42)16-21-11-5-2-6-12-21/h1-6,9-12,18-19,23-26H,7-8,13-17,31-32H2,(H,33,34)(H,35,38)(H,36,39)(H,37,40)(H,41,42). The third-order valence-electron chi connectivity index (χ3n) is 6.72. The van der Waals surface area contributed by atoms with Gasteiger partial charge in [0.05, 0.1) is 12.4 Å². The molecule has 0 spiro atoms. The Morgan fingerprint density at radius 2 is 1.33 bits per heavy atom. The zero-order chi connectivity index (χ0) is 30.3. The van der Waals surface area contributed by atoms with Gasteiger partial charge in [0.15, 0.2) is 0 Å². The van der Waals surface area contributed by atoms with E-state index in [4.69, 9.17) is 11.5 Å². The number of hydrogen-bond donors (Lipinski definition) is 7. The lowest BCUT2D eigenvalue weighted by Gasteiger charge is -2.25. The number of nitrogens with one attached hydrogen (secondary N) is 4. The van der Waals surface area contributed by atoms with Crippen LogP contribution < -0.4 is 27.4 Å². The Hall–Kier alpha value is -4.55. The van der Waals surface area contributed by atoms with Crippen molar-refractivity contribution in [3.05, 3.63) is 90.0 Å². The molecule has 3 rings (SSSR count). The van der Waals surface area contributed by atoms with Crippen LogP contribution in [0.15, 0.2) is 73.2 Å². The van der Waals surface area contributed by atoms with Crippen LogP contribution in [0.2, 0.25) is 0 Å². The van der Waals surface area contributed by atoms with Crippen molar-refractivity contribution in [1.29, 1.82) is 0 Å². The topological polar surface area (TPSA) is 205 Å². The largest absolute Gasteiger partial charge is 0.480 e. The van der Waals surface area contributed by atoms with Crippen molar-refractivity contribution in [2.75, 3.05) is 6.54 Å². The molecular formula is C30H39N7O5. The Kier molecular flexibility index (Phi) is 12.7. The highest BCUT2D eigenvalue weighted by Crippen LogP contribution is 2.08. The Labute approximate surface area is 244 Å². The van der Waals surface area contributed by atoms with Crippen LogP contribution in [0.3, 0.4) is 0 Å². The molecule has 2 aromatic carbocycles. The number of nitrogens with two attached hydrogens (primary N) is 2. The van der Waals surface area contributed by atoms with Crippen LogP contribution in [-0.4, -0.2) is 69.5 Å². The molecule has 224 valence electrons. The van der Waals surface area contributed by atoms with E-state index in [0.29, 0.717) is 25.1 Å². The Morgan fingerprint density at radius 3 is 1.90 bits per heavy atom. The molecule has 3 aromatic rings. The smallest absolute Gasteiger partial charge is 0.326 e. The monoisotopic (exact) mass is 577 g/mol. The summed E-state index contributed by atoms with van der Waals surface area (Å²) < 4.78 is 0. The second-order valence-electron chi connectivity index (χ2n) is 10.1. The van der Waals surface area contributed by atoms with E-state index < -0.39 is 47.9 Å². The first-order valence-corrected chi connectivity index (χ1v) is 13.9. The van der Waals surface area contributed by atoms with Crippen molar-refractivity contribution in [1.82, 2.24) is 25.9 Å². The first-order valence-electron chi connectivity index (χ1n) is 13.9. The molecule has 0 saturated heterocycles. The van der Waals surface area contributed by atoms with E-state index in [9.17, 15) is 24.3 Å². The molecule has 0 aliphatic rings. The number of aromatic nitrogens is 2. The molecule has 0 radical (unpaired) electrons. The summed E-state index contributed by atoms with van der Waals surface area (Å²) in [7, 11) is 0. The van der Waals surface area contributed by atoms with Crippen LogP contribution in [0.5, 0.6) is 0 Å². The third kappa shape index (κ3) is 10.5. The van der Waals surface area contributed by atoms with Gasteiger partial charge < -0.3 is 37.5 Å². The van der Waals surface area contributed by atoms with Gasteiger partial charge >= 0.3 is 5.97 Å². The summed E-state index contributed by atoms with van der Waals surface area (Å²) in [6, 6.07) is 13.9. The number of carbonyl (C=O) groups excluding carboxylic acids is 3. The van der Waals surface area contributed by atoms with Crippen LogP contribution in [0.25, 0.3) is 0 Å². The minimum atomic E-state index is -1.22. The molecular weight excluding hydrogens is 538 g/mol. The highest BCUT2D eigenvalue weighted by molar-refractivity contribution is 5.94. The number of hydrogen-bond acceptors (Lipinski definition) is 7. The summed E-state index contributed by atoms with van der Waals surface area (Å²) in [5, 5.41) is 17.8. The minimum Gasteiger partial charge on any atom is -0.480 e. The van der Waals surface area contributed by atoms with Crippen molar-refractivity contribution >= 4 is 23.7 Å². The van der Waals surface area contributed by atoms with Crippen molar-refractivity contribution in [3.8, 4) is 0 Å². The number of carbonyl (C=O) groups is 4. The van der Waals surface area contributed by atoms with Crippen molar-refractivity contribution in [2.45, 2.75) is 62.7 Å². The SMILES string of the molecule is NCCCCC(NC(=O)C(N)Cc1ccccc1)C(=O)NC(Cc1cnc[nH]1)C(=O)NC(Cc1ccccc1)C(=O)O. The van der Waals surface area contributed by atoms with E-state index in [1.54, 1.807) is 24.3 Å². The van der Waals surface area contributed by atoms with E-state index in [-0.39, 0.29) is 25.7 Å². The van der Waals surface area contributed by atoms with Crippen LogP contribution in [0.4, 0.5) is 0 Å². The second kappa shape index (κ2) is 16.7. The third-order valence-corrected chi connectivity index (χ3v) is 6.72. The molecule has 0 aliphatic heterocycles. The van der Waals surface area contributed by atoms with Gasteiger partial charge in [0.2, 0.25) is 17.7 Å². The first-order chi connectivity index (χ1) is 20.3. The highest BCUT2D eigenvalue weighted by atomic mass is 16.4. The summed E-state index contributed by atoms with van der Waals surface area (Å²) in [5.41, 5.74) is 13.9. The molecule has 1 aromatic heterocycles. The number of rotatable bonds is 17. The zero-order valence-electron chi connectivity index (χ0n) is 23.4. The maximum Gasteiger partial charge on any atom is 0.326 e. The average molecular weight is 578 g/mol. The molecule has 12 nitrogen and oxygen atoms in total. The highest BCUT2D eigenvalue weighted by Gasteiger charge is 2.31. The fraction of sp³-hybridized carbons (Fsp3) is 0.367. The van der Waals surface area contributed by atoms with Gasteiger partial charge in [-0.25, -0.2) is 9.78 Å². The van der Waals surface area contributed by atoms with E-state index in [1.165, 1.54) is 12.5 Å². The number of unbranched alkanes of at least 4 members (excludes halogenated alkanes) is 1. The summed E-state index contributed by atoms with van der Waals surface area (Å²) in [6.07, 6.45) is 4.77. The number of aromatic amines is 1. The first kappa shape index (κ1) is 32.0. The van der Waals surface area contributed by atoms with E-state index in [2.05, 4.69) is 25.9 Å². The fourth-order valence-electron chi connectivity index (χ4n) is 4.42. The number of benzene rings is 2. The van der Waals surface area contributed by atoms with Gasteiger partial charge in [0, 0.05) is 24.7 Å². The molecule has 3 amide bonds. The predicted molar refractivity (Wildman–Crippen MR) is 157 cm³/mol. The molecule has 0 saturated carbocycles. The number of nitrogens with zero attached hydrogens (tertiary/aromatic N) is 1. The lowest BCUT2D eigenvalue weighted by atomic mass is 10.0. The summed E-state index contributed by atoms with van der Waals surface area (Å²) in [6.45, 7) is 0.415. The maximum absolute atomic E-state index is 13.5. The number of amides is 3. The summed E-state index contributed by atoms with van der Waals surface area (Å²) in [4.78, 5) is 58.7. The van der Waals surface area contributed by atoms with Crippen molar-refractivity contribution in [3.63, 3.8) is 0 Å². The van der Waals surface area contributed by atoms with E-state index >= 15 is 0 Å². The van der Waals surface area contributed by atoms with Gasteiger partial charge in [0.1, 0.15) is 18.1 Å². The van der Waals surface area contributed by atoms with Crippen LogP contribution in [0.1, 0.15) is 36.1 Å². The fourth-order valence-corrected chi connectivity index (χ4v) is 4.42. The normalized spacial score (nSPS) is 13.8. The number of imidazole rings is 1. The molecule has 42 heavy (non-hydrogen) atoms. The van der Waals surface area contributed by atoms with Crippen LogP contribution in [-0.2, 0) is 38.4 Å². The maximum atomic E-state index is 13.5. The van der Waals surface area contributed by atoms with Crippen LogP contribution >= 0.6 is 0 Å². The average Bonchev–Trinajstić information content (AvgIpc) is 3.50. The molecule has 0 bridgehead atoms. The summed E-state index contributed by atoms with van der Waals surface area (Å²) in [5.74, 6) is -3.00. The molecule has 12 heteroatoms. The van der Waals surface area contributed by atoms with Crippen molar-refractivity contribution in [2.24, 2.45) is 11.5 Å². The lowest BCUT2D eigenvalue weighted by Crippen LogP contribution is -2.58. The Bertz CT molecular complexity index is 1270. The molecule has 4 unspecified atom stereocenters. The molecule has 0 aliphatic carbocycles. The zero-order valence-corrected chi connectivity index (χ0v) is 23.4. The predicted octanol–water partition coefficient (Wildman–Crippen LogP) is 0.433. The molecule has 0 fully saturated rings. The van der Waals surface area contributed by atoms with Gasteiger partial charge in [-0.2, -0.15) is 0 Å². The van der Waals surface area contributed by atoms with Crippen LogP contribution in [0, 0.1) is 0 Å². The quantitative estimate of drug-likeness (QED) is 0.112.